The van der Waals surface area contributed by atoms with E-state index in [2.05, 4.69) is 5.16 Å². The highest BCUT2D eigenvalue weighted by Crippen LogP contribution is 2.29. The van der Waals surface area contributed by atoms with E-state index >= 15 is 0 Å². The molecule has 0 atom stereocenters. The van der Waals surface area contributed by atoms with Gasteiger partial charge in [0.1, 0.15) is 6.61 Å². The van der Waals surface area contributed by atoms with Crippen LogP contribution in [0.4, 0.5) is 13.2 Å². The van der Waals surface area contributed by atoms with Gasteiger partial charge in [0.2, 0.25) is 0 Å². The Hall–Kier alpha value is -1.23. The van der Waals surface area contributed by atoms with Gasteiger partial charge in [-0.05, 0) is 31.0 Å². The SMILES string of the molecule is C/C(=N\OCCCCl)c1ccc(C(F)(F)F)cc1. The van der Waals surface area contributed by atoms with Crippen LogP contribution in [0, 0.1) is 0 Å². The van der Waals surface area contributed by atoms with Crippen LogP contribution in [0.25, 0.3) is 0 Å². The first kappa shape index (κ1) is 14.8. The number of oxime groups is 1. The van der Waals surface area contributed by atoms with E-state index in [1.807, 2.05) is 0 Å². The molecule has 0 unspecified atom stereocenters. The molecule has 0 bridgehead atoms. The van der Waals surface area contributed by atoms with Crippen molar-refractivity contribution in [2.75, 3.05) is 12.5 Å². The second kappa shape index (κ2) is 6.64. The topological polar surface area (TPSA) is 21.6 Å². The molecular formula is C12H13ClF3NO. The quantitative estimate of drug-likeness (QED) is 0.344. The van der Waals surface area contributed by atoms with E-state index in [9.17, 15) is 13.2 Å². The summed E-state index contributed by atoms with van der Waals surface area (Å²) in [5, 5.41) is 3.80. The summed E-state index contributed by atoms with van der Waals surface area (Å²) in [6, 6.07) is 4.78. The zero-order chi connectivity index (χ0) is 13.6. The van der Waals surface area contributed by atoms with Crippen molar-refractivity contribution in [2.24, 2.45) is 5.16 Å². The molecule has 0 aliphatic heterocycles. The average molecular weight is 280 g/mol. The van der Waals surface area contributed by atoms with E-state index in [1.165, 1.54) is 12.1 Å². The van der Waals surface area contributed by atoms with Gasteiger partial charge in [-0.2, -0.15) is 13.2 Å². The van der Waals surface area contributed by atoms with Gasteiger partial charge in [0.15, 0.2) is 0 Å². The lowest BCUT2D eigenvalue weighted by molar-refractivity contribution is -0.137. The summed E-state index contributed by atoms with van der Waals surface area (Å²) in [5.74, 6) is 0.481. The van der Waals surface area contributed by atoms with Crippen LogP contribution < -0.4 is 0 Å². The Bertz CT molecular complexity index is 401. The molecule has 0 spiro atoms. The van der Waals surface area contributed by atoms with Crippen molar-refractivity contribution in [2.45, 2.75) is 19.5 Å². The largest absolute Gasteiger partial charge is 0.416 e. The molecular weight excluding hydrogens is 267 g/mol. The van der Waals surface area contributed by atoms with Crippen LogP contribution in [0.2, 0.25) is 0 Å². The van der Waals surface area contributed by atoms with Crippen LogP contribution in [0.3, 0.4) is 0 Å². The van der Waals surface area contributed by atoms with Crippen molar-refractivity contribution in [3.8, 4) is 0 Å². The van der Waals surface area contributed by atoms with Gasteiger partial charge in [0, 0.05) is 5.88 Å². The van der Waals surface area contributed by atoms with Gasteiger partial charge in [0.05, 0.1) is 11.3 Å². The molecule has 0 N–H and O–H groups in total. The number of hydrogen-bond acceptors (Lipinski definition) is 2. The summed E-state index contributed by atoms with van der Waals surface area (Å²) in [5.41, 5.74) is 0.439. The Balaban J connectivity index is 2.67. The Morgan fingerprint density at radius 1 is 1.28 bits per heavy atom. The van der Waals surface area contributed by atoms with E-state index in [4.69, 9.17) is 16.4 Å². The maximum Gasteiger partial charge on any atom is 0.416 e. The fourth-order valence-electron chi connectivity index (χ4n) is 1.21. The lowest BCUT2D eigenvalue weighted by Crippen LogP contribution is -2.05. The third kappa shape index (κ3) is 4.56. The molecule has 0 aliphatic rings. The summed E-state index contributed by atoms with van der Waals surface area (Å²) < 4.78 is 37.0. The zero-order valence-electron chi connectivity index (χ0n) is 9.80. The third-order valence-corrected chi connectivity index (χ3v) is 2.47. The Morgan fingerprint density at radius 3 is 2.39 bits per heavy atom. The molecule has 100 valence electrons. The molecule has 1 aromatic rings. The van der Waals surface area contributed by atoms with Crippen LogP contribution in [0.5, 0.6) is 0 Å². The monoisotopic (exact) mass is 279 g/mol. The molecule has 1 aromatic carbocycles. The number of halogens is 4. The van der Waals surface area contributed by atoms with Gasteiger partial charge in [-0.25, -0.2) is 0 Å². The van der Waals surface area contributed by atoms with Gasteiger partial charge in [0.25, 0.3) is 0 Å². The van der Waals surface area contributed by atoms with Gasteiger partial charge < -0.3 is 4.84 Å². The lowest BCUT2D eigenvalue weighted by atomic mass is 10.1. The highest BCUT2D eigenvalue weighted by Gasteiger charge is 2.29. The first-order valence-corrected chi connectivity index (χ1v) is 5.88. The fraction of sp³-hybridized carbons (Fsp3) is 0.417. The summed E-state index contributed by atoms with van der Waals surface area (Å²) in [6.07, 6.45) is -3.65. The average Bonchev–Trinajstić information content (AvgIpc) is 2.33. The molecule has 0 aliphatic carbocycles. The molecule has 0 radical (unpaired) electrons. The van der Waals surface area contributed by atoms with Gasteiger partial charge in [-0.15, -0.1) is 11.6 Å². The molecule has 0 saturated heterocycles. The molecule has 0 aromatic heterocycles. The molecule has 2 nitrogen and oxygen atoms in total. The Labute approximate surface area is 108 Å². The Kier molecular flexibility index (Phi) is 5.47. The normalized spacial score (nSPS) is 12.6. The summed E-state index contributed by atoms with van der Waals surface area (Å²) >= 11 is 5.46. The molecule has 18 heavy (non-hydrogen) atoms. The fourth-order valence-corrected chi connectivity index (χ4v) is 1.32. The highest BCUT2D eigenvalue weighted by molar-refractivity contribution is 6.17. The standard InChI is InChI=1S/C12H13ClF3NO/c1-9(17-18-8-2-7-13)10-3-5-11(6-4-10)12(14,15)16/h3-6H,2,7-8H2,1H3/b17-9+. The van der Waals surface area contributed by atoms with Crippen LogP contribution in [-0.2, 0) is 11.0 Å². The van der Waals surface area contributed by atoms with Gasteiger partial charge in [-0.1, -0.05) is 17.3 Å². The third-order valence-electron chi connectivity index (χ3n) is 2.20. The maximum absolute atomic E-state index is 12.3. The van der Waals surface area contributed by atoms with Gasteiger partial charge in [-0.3, -0.25) is 0 Å². The van der Waals surface area contributed by atoms with Crippen molar-refractivity contribution >= 4 is 17.3 Å². The number of nitrogens with zero attached hydrogens (tertiary/aromatic N) is 1. The van der Waals surface area contributed by atoms with Crippen molar-refractivity contribution in [1.29, 1.82) is 0 Å². The lowest BCUT2D eigenvalue weighted by Gasteiger charge is -2.07. The number of hydrogen-bond donors (Lipinski definition) is 0. The minimum Gasteiger partial charge on any atom is -0.396 e. The van der Waals surface area contributed by atoms with Crippen molar-refractivity contribution < 1.29 is 18.0 Å². The molecule has 0 amide bonds. The van der Waals surface area contributed by atoms with Crippen LogP contribution >= 0.6 is 11.6 Å². The second-order valence-electron chi connectivity index (χ2n) is 3.63. The predicted molar refractivity (Wildman–Crippen MR) is 64.9 cm³/mol. The molecule has 0 saturated carbocycles. The van der Waals surface area contributed by atoms with Gasteiger partial charge >= 0.3 is 6.18 Å². The minimum absolute atomic E-state index is 0.390. The zero-order valence-corrected chi connectivity index (χ0v) is 10.6. The highest BCUT2D eigenvalue weighted by atomic mass is 35.5. The number of rotatable bonds is 5. The van der Waals surface area contributed by atoms with Crippen LogP contribution in [-0.4, -0.2) is 18.2 Å². The molecule has 6 heteroatoms. The van der Waals surface area contributed by atoms with Crippen molar-refractivity contribution in [1.82, 2.24) is 0 Å². The molecule has 0 fully saturated rings. The summed E-state index contributed by atoms with van der Waals surface area (Å²) in [7, 11) is 0. The predicted octanol–water partition coefficient (Wildman–Crippen LogP) is 4.07. The van der Waals surface area contributed by atoms with Crippen molar-refractivity contribution in [3.05, 3.63) is 35.4 Å². The first-order chi connectivity index (χ1) is 8.45. The van der Waals surface area contributed by atoms with Crippen LogP contribution in [0.1, 0.15) is 24.5 Å². The van der Waals surface area contributed by atoms with E-state index in [1.54, 1.807) is 6.92 Å². The summed E-state index contributed by atoms with van der Waals surface area (Å²) in [6.45, 7) is 2.06. The first-order valence-electron chi connectivity index (χ1n) is 5.35. The minimum atomic E-state index is -4.32. The molecule has 1 rings (SSSR count). The van der Waals surface area contributed by atoms with E-state index < -0.39 is 11.7 Å². The maximum atomic E-state index is 12.3. The second-order valence-corrected chi connectivity index (χ2v) is 4.01. The van der Waals surface area contributed by atoms with Crippen molar-refractivity contribution in [3.63, 3.8) is 0 Å². The summed E-state index contributed by atoms with van der Waals surface area (Å²) in [4.78, 5) is 4.97. The van der Waals surface area contributed by atoms with E-state index in [0.29, 0.717) is 30.2 Å². The number of alkyl halides is 4. The van der Waals surface area contributed by atoms with Crippen LogP contribution in [0.15, 0.2) is 29.4 Å². The van der Waals surface area contributed by atoms with E-state index in [-0.39, 0.29) is 0 Å². The smallest absolute Gasteiger partial charge is 0.396 e. The Morgan fingerprint density at radius 2 is 1.89 bits per heavy atom. The molecule has 0 heterocycles. The van der Waals surface area contributed by atoms with E-state index in [0.717, 1.165) is 12.1 Å². The number of benzene rings is 1.